The minimum absolute atomic E-state index is 0.0646. The lowest BCUT2D eigenvalue weighted by molar-refractivity contribution is 0.0719. The fourth-order valence-electron chi connectivity index (χ4n) is 4.84. The number of amides is 3. The van der Waals surface area contributed by atoms with Gasteiger partial charge < -0.3 is 24.4 Å². The van der Waals surface area contributed by atoms with Crippen molar-refractivity contribution >= 4 is 23.4 Å². The third-order valence-electron chi connectivity index (χ3n) is 6.60. The number of likely N-dealkylation sites (tertiary alicyclic amines) is 1. The van der Waals surface area contributed by atoms with Crippen LogP contribution in [0, 0.1) is 0 Å². The Bertz CT molecular complexity index is 949. The monoisotopic (exact) mass is 441 g/mol. The molecule has 1 aromatic heterocycles. The first-order valence-electron chi connectivity index (χ1n) is 11.3. The number of urea groups is 1. The number of hydrogen-bond donors (Lipinski definition) is 2. The molecule has 0 bridgehead atoms. The number of nitrogens with one attached hydrogen (secondary N) is 2. The molecule has 1 aromatic rings. The standard InChI is InChI=1S/C22H31N7O3/c1-25-22(31)29-9-6-16(14-19(29)24-25)28-11-10-26(12-13-32-2)18-15-17(23-20(18)28)21(30)27-7-4-3-5-8-27/h6,9,14-15,19,23-24H,3-5,7-8,10-13H2,1-2H3. The molecule has 0 saturated carbocycles. The van der Waals surface area contributed by atoms with Crippen molar-refractivity contribution in [2.75, 3.05) is 63.3 Å². The molecular formula is C22H31N7O3. The zero-order valence-corrected chi connectivity index (χ0v) is 18.7. The fourth-order valence-corrected chi connectivity index (χ4v) is 4.84. The van der Waals surface area contributed by atoms with E-state index >= 15 is 0 Å². The number of anilines is 2. The highest BCUT2D eigenvalue weighted by molar-refractivity contribution is 5.96. The number of allylic oxidation sites excluding steroid dienone is 1. The van der Waals surface area contributed by atoms with Gasteiger partial charge in [0.05, 0.1) is 12.3 Å². The summed E-state index contributed by atoms with van der Waals surface area (Å²) >= 11 is 0. The molecule has 4 aliphatic rings. The summed E-state index contributed by atoms with van der Waals surface area (Å²) in [5, 5.41) is 1.49. The van der Waals surface area contributed by atoms with Crippen LogP contribution in [0.25, 0.3) is 0 Å². The zero-order chi connectivity index (χ0) is 22.2. The number of carbonyl (C=O) groups excluding carboxylic acids is 2. The highest BCUT2D eigenvalue weighted by atomic mass is 16.5. The number of aromatic nitrogens is 1. The summed E-state index contributed by atoms with van der Waals surface area (Å²) in [6.45, 7) is 4.60. The average Bonchev–Trinajstić information content (AvgIpc) is 3.39. The van der Waals surface area contributed by atoms with Gasteiger partial charge >= 0.3 is 6.03 Å². The Morgan fingerprint density at radius 1 is 1.19 bits per heavy atom. The fraction of sp³-hybridized carbons (Fsp3) is 0.545. The molecule has 2 N–H and O–H groups in total. The maximum atomic E-state index is 13.2. The number of carbonyl (C=O) groups is 2. The van der Waals surface area contributed by atoms with Crippen molar-refractivity contribution in [3.05, 3.63) is 35.8 Å². The molecule has 5 heterocycles. The number of fused-ring (bicyclic) bond motifs is 2. The molecule has 2 fully saturated rings. The predicted molar refractivity (Wildman–Crippen MR) is 121 cm³/mol. The smallest absolute Gasteiger partial charge is 0.339 e. The summed E-state index contributed by atoms with van der Waals surface area (Å²) in [6, 6.07) is 1.90. The van der Waals surface area contributed by atoms with Gasteiger partial charge in [-0.2, -0.15) is 0 Å². The Morgan fingerprint density at radius 3 is 2.78 bits per heavy atom. The van der Waals surface area contributed by atoms with Crippen molar-refractivity contribution in [2.45, 2.75) is 25.4 Å². The molecule has 172 valence electrons. The van der Waals surface area contributed by atoms with Gasteiger partial charge in [-0.05, 0) is 37.5 Å². The first-order valence-corrected chi connectivity index (χ1v) is 11.3. The number of hydrogen-bond acceptors (Lipinski definition) is 6. The van der Waals surface area contributed by atoms with Gasteiger partial charge in [-0.25, -0.2) is 10.2 Å². The van der Waals surface area contributed by atoms with E-state index in [-0.39, 0.29) is 18.1 Å². The van der Waals surface area contributed by atoms with Crippen LogP contribution in [-0.2, 0) is 4.74 Å². The van der Waals surface area contributed by atoms with Gasteiger partial charge in [0.15, 0.2) is 0 Å². The Kier molecular flexibility index (Phi) is 5.56. The first-order chi connectivity index (χ1) is 15.6. The molecule has 2 saturated heterocycles. The highest BCUT2D eigenvalue weighted by Gasteiger charge is 2.36. The molecule has 0 spiro atoms. The van der Waals surface area contributed by atoms with Crippen molar-refractivity contribution in [3.63, 3.8) is 0 Å². The van der Waals surface area contributed by atoms with Crippen LogP contribution in [0.15, 0.2) is 30.1 Å². The summed E-state index contributed by atoms with van der Waals surface area (Å²) < 4.78 is 5.31. The Hall–Kier alpha value is -2.98. The van der Waals surface area contributed by atoms with Crippen LogP contribution in [0.1, 0.15) is 29.8 Å². The van der Waals surface area contributed by atoms with Gasteiger partial charge in [0, 0.05) is 58.8 Å². The lowest BCUT2D eigenvalue weighted by Gasteiger charge is -2.38. The lowest BCUT2D eigenvalue weighted by atomic mass is 10.1. The van der Waals surface area contributed by atoms with Crippen LogP contribution in [-0.4, -0.2) is 91.4 Å². The van der Waals surface area contributed by atoms with Crippen molar-refractivity contribution in [1.82, 2.24) is 25.2 Å². The molecule has 4 aliphatic heterocycles. The second kappa shape index (κ2) is 8.51. The Balaban J connectivity index is 1.45. The second-order valence-electron chi connectivity index (χ2n) is 8.63. The van der Waals surface area contributed by atoms with Gasteiger partial charge in [0.1, 0.15) is 17.7 Å². The van der Waals surface area contributed by atoms with E-state index < -0.39 is 0 Å². The van der Waals surface area contributed by atoms with Crippen LogP contribution in [0.3, 0.4) is 0 Å². The quantitative estimate of drug-likeness (QED) is 0.721. The summed E-state index contributed by atoms with van der Waals surface area (Å²) in [4.78, 5) is 36.9. The van der Waals surface area contributed by atoms with E-state index in [0.717, 1.165) is 62.8 Å². The molecule has 3 amide bonds. The van der Waals surface area contributed by atoms with E-state index in [1.54, 1.807) is 19.1 Å². The number of hydrazine groups is 1. The number of ether oxygens (including phenoxy) is 1. The highest BCUT2D eigenvalue weighted by Crippen LogP contribution is 2.37. The Labute approximate surface area is 188 Å². The van der Waals surface area contributed by atoms with Crippen molar-refractivity contribution in [3.8, 4) is 0 Å². The molecule has 32 heavy (non-hydrogen) atoms. The van der Waals surface area contributed by atoms with E-state index in [1.165, 1.54) is 11.4 Å². The van der Waals surface area contributed by atoms with Crippen molar-refractivity contribution in [1.29, 1.82) is 0 Å². The largest absolute Gasteiger partial charge is 0.383 e. The van der Waals surface area contributed by atoms with Crippen LogP contribution in [0.5, 0.6) is 0 Å². The van der Waals surface area contributed by atoms with Crippen LogP contribution < -0.4 is 15.2 Å². The van der Waals surface area contributed by atoms with E-state index in [2.05, 4.69) is 20.2 Å². The van der Waals surface area contributed by atoms with Gasteiger partial charge in [0.2, 0.25) is 0 Å². The maximum Gasteiger partial charge on any atom is 0.339 e. The van der Waals surface area contributed by atoms with E-state index in [9.17, 15) is 9.59 Å². The number of nitrogens with zero attached hydrogens (tertiary/aromatic N) is 5. The number of H-pyrrole nitrogens is 1. The van der Waals surface area contributed by atoms with Gasteiger partial charge in [-0.15, -0.1) is 0 Å². The minimum atomic E-state index is -0.216. The molecule has 5 rings (SSSR count). The topological polar surface area (TPSA) is 87.4 Å². The lowest BCUT2D eigenvalue weighted by Crippen LogP contribution is -2.43. The average molecular weight is 442 g/mol. The number of rotatable bonds is 5. The number of aromatic amines is 1. The van der Waals surface area contributed by atoms with Crippen LogP contribution in [0.4, 0.5) is 16.3 Å². The third kappa shape index (κ3) is 3.63. The van der Waals surface area contributed by atoms with Crippen LogP contribution in [0.2, 0.25) is 0 Å². The van der Waals surface area contributed by atoms with Crippen molar-refractivity contribution in [2.24, 2.45) is 0 Å². The Morgan fingerprint density at radius 2 is 2.00 bits per heavy atom. The van der Waals surface area contributed by atoms with Gasteiger partial charge in [-0.1, -0.05) is 0 Å². The molecule has 1 unspecified atom stereocenters. The molecule has 0 aromatic carbocycles. The third-order valence-corrected chi connectivity index (χ3v) is 6.60. The molecular weight excluding hydrogens is 410 g/mol. The summed E-state index contributed by atoms with van der Waals surface area (Å²) in [5.41, 5.74) is 5.79. The molecule has 1 atom stereocenters. The molecule has 10 nitrogen and oxygen atoms in total. The first kappa shape index (κ1) is 20.9. The minimum Gasteiger partial charge on any atom is -0.383 e. The summed E-state index contributed by atoms with van der Waals surface area (Å²) in [7, 11) is 3.42. The zero-order valence-electron chi connectivity index (χ0n) is 18.7. The maximum absolute atomic E-state index is 13.2. The van der Waals surface area contributed by atoms with Crippen LogP contribution >= 0.6 is 0 Å². The predicted octanol–water partition coefficient (Wildman–Crippen LogP) is 1.52. The molecule has 0 radical (unpaired) electrons. The normalized spacial score (nSPS) is 22.9. The molecule has 10 heteroatoms. The summed E-state index contributed by atoms with van der Waals surface area (Å²) in [6.07, 6.45) is 8.92. The van der Waals surface area contributed by atoms with E-state index in [0.29, 0.717) is 12.3 Å². The SMILES string of the molecule is COCCN1CCN(C2=CC3NN(C)C(=O)N3C=C2)c2[nH]c(C(=O)N3CCCCC3)cc21. The molecule has 0 aliphatic carbocycles. The van der Waals surface area contributed by atoms with Gasteiger partial charge in [-0.3, -0.25) is 14.7 Å². The van der Waals surface area contributed by atoms with E-state index in [1.807, 2.05) is 29.3 Å². The van der Waals surface area contributed by atoms with E-state index in [4.69, 9.17) is 4.74 Å². The number of methoxy groups -OCH3 is 1. The second-order valence-corrected chi connectivity index (χ2v) is 8.63. The van der Waals surface area contributed by atoms with Gasteiger partial charge in [0.25, 0.3) is 5.91 Å². The number of piperidine rings is 1. The summed E-state index contributed by atoms with van der Waals surface area (Å²) in [5.74, 6) is 0.976. The van der Waals surface area contributed by atoms with Crippen molar-refractivity contribution < 1.29 is 14.3 Å².